The topological polar surface area (TPSA) is 298 Å². The molecule has 2 aromatic rings. The van der Waals surface area contributed by atoms with Crippen LogP contribution in [0.4, 0.5) is 5.82 Å². The van der Waals surface area contributed by atoms with Crippen molar-refractivity contribution in [3.63, 3.8) is 0 Å². The second-order valence-corrected chi connectivity index (χ2v) is 11.4. The molecular formula is C17H25N5O15P2. The lowest BCUT2D eigenvalue weighted by Gasteiger charge is -2.22. The first-order valence-electron chi connectivity index (χ1n) is 11.0. The summed E-state index contributed by atoms with van der Waals surface area (Å²) < 4.78 is 54.3. The van der Waals surface area contributed by atoms with E-state index in [2.05, 4.69) is 28.3 Å². The molecule has 218 valence electrons. The van der Waals surface area contributed by atoms with Crippen molar-refractivity contribution in [3.8, 4) is 0 Å². The molecule has 0 amide bonds. The molecule has 2 fully saturated rings. The lowest BCUT2D eigenvalue weighted by molar-refractivity contribution is -0.153. The monoisotopic (exact) mass is 601 g/mol. The fourth-order valence-electron chi connectivity index (χ4n) is 3.86. The van der Waals surface area contributed by atoms with Gasteiger partial charge in [-0.1, -0.05) is 0 Å². The Balaban J connectivity index is 1.34. The standard InChI is InChI=1S/C17H25N5O15P2/c1-6(23)34-13-8(36-17(27)12(13)26)3-33-39(30,31)37-38(28,29)32-2-7-10(24)11(25)16(35-7)22-5-21-9-14(18)19-4-20-15(9)22/h4-5,7-8,10-13,16-17,24-27H,2-3H2,1H3,(H,28,29)(H,30,31)(H2,18,19,20)/t7-,8+,10-,11-,12+,13+,16-,17?/m1/s1. The van der Waals surface area contributed by atoms with Crippen LogP contribution in [0.5, 0.6) is 0 Å². The quantitative estimate of drug-likeness (QED) is 0.107. The summed E-state index contributed by atoms with van der Waals surface area (Å²) in [7, 11) is -10.7. The van der Waals surface area contributed by atoms with Gasteiger partial charge in [-0.3, -0.25) is 18.4 Å². The van der Waals surface area contributed by atoms with Gasteiger partial charge in [-0.2, -0.15) is 4.31 Å². The minimum Gasteiger partial charge on any atom is -0.457 e. The average molecular weight is 601 g/mol. The Morgan fingerprint density at radius 3 is 2.28 bits per heavy atom. The maximum atomic E-state index is 12.3. The molecule has 2 aromatic heterocycles. The number of carbonyl (C=O) groups is 1. The van der Waals surface area contributed by atoms with Crippen LogP contribution in [0.15, 0.2) is 12.7 Å². The van der Waals surface area contributed by atoms with E-state index in [1.54, 1.807) is 0 Å². The predicted octanol–water partition coefficient (Wildman–Crippen LogP) is -2.71. The van der Waals surface area contributed by atoms with Gasteiger partial charge in [0, 0.05) is 6.92 Å². The zero-order valence-corrected chi connectivity index (χ0v) is 21.6. The first-order chi connectivity index (χ1) is 18.2. The number of rotatable bonds is 10. The van der Waals surface area contributed by atoms with Crippen molar-refractivity contribution in [2.75, 3.05) is 18.9 Å². The number of nitrogen functional groups attached to an aromatic ring is 1. The number of imidazole rings is 1. The third-order valence-corrected chi connectivity index (χ3v) is 8.22. The van der Waals surface area contributed by atoms with Crippen LogP contribution in [-0.4, -0.2) is 112 Å². The maximum absolute atomic E-state index is 12.3. The maximum Gasteiger partial charge on any atom is 0.481 e. The molecule has 0 aliphatic carbocycles. The number of nitrogens with two attached hydrogens (primary N) is 1. The Morgan fingerprint density at radius 2 is 1.64 bits per heavy atom. The molecule has 2 aliphatic heterocycles. The average Bonchev–Trinajstić information content (AvgIpc) is 3.47. The van der Waals surface area contributed by atoms with E-state index >= 15 is 0 Å². The molecule has 0 radical (unpaired) electrons. The lowest BCUT2D eigenvalue weighted by Crippen LogP contribution is -2.38. The van der Waals surface area contributed by atoms with E-state index in [1.165, 1.54) is 10.9 Å². The van der Waals surface area contributed by atoms with E-state index in [9.17, 15) is 44.1 Å². The van der Waals surface area contributed by atoms with Crippen LogP contribution in [0.3, 0.4) is 0 Å². The molecule has 10 atom stereocenters. The Labute approximate surface area is 218 Å². The van der Waals surface area contributed by atoms with Gasteiger partial charge in [0.2, 0.25) is 0 Å². The fourth-order valence-corrected chi connectivity index (χ4v) is 5.95. The van der Waals surface area contributed by atoms with Crippen molar-refractivity contribution in [1.82, 2.24) is 19.5 Å². The molecule has 0 saturated carbocycles. The van der Waals surface area contributed by atoms with Crippen LogP contribution in [0, 0.1) is 0 Å². The summed E-state index contributed by atoms with van der Waals surface area (Å²) in [5.41, 5.74) is 6.08. The Morgan fingerprint density at radius 1 is 1.00 bits per heavy atom. The normalized spacial score (nSPS) is 34.1. The number of aromatic nitrogens is 4. The van der Waals surface area contributed by atoms with Crippen molar-refractivity contribution < 1.29 is 71.7 Å². The number of hydrogen-bond acceptors (Lipinski definition) is 17. The SMILES string of the molecule is CC(=O)O[C@H]1[C@H](COP(=O)(O)OP(=O)(O)OC[C@H]2O[C@@H](n3cnc4c(N)ncnc43)[C@H](O)[C@@H]2O)OC(O)[C@H]1O. The molecule has 2 saturated heterocycles. The first kappa shape index (κ1) is 29.8. The number of aliphatic hydroxyl groups is 4. The van der Waals surface area contributed by atoms with Gasteiger partial charge < -0.3 is 50.2 Å². The van der Waals surface area contributed by atoms with E-state index in [-0.39, 0.29) is 17.0 Å². The summed E-state index contributed by atoms with van der Waals surface area (Å²) in [5.74, 6) is -0.810. The highest BCUT2D eigenvalue weighted by Crippen LogP contribution is 2.60. The summed E-state index contributed by atoms with van der Waals surface area (Å²) in [5, 5.41) is 40.2. The molecule has 8 N–H and O–H groups in total. The molecule has 2 aliphatic rings. The highest BCUT2D eigenvalue weighted by atomic mass is 31.3. The van der Waals surface area contributed by atoms with Gasteiger partial charge in [-0.25, -0.2) is 24.1 Å². The van der Waals surface area contributed by atoms with Crippen molar-refractivity contribution in [3.05, 3.63) is 12.7 Å². The van der Waals surface area contributed by atoms with Gasteiger partial charge in [0.05, 0.1) is 19.5 Å². The van der Waals surface area contributed by atoms with Crippen molar-refractivity contribution >= 4 is 38.6 Å². The summed E-state index contributed by atoms with van der Waals surface area (Å²) in [6.45, 7) is -0.821. The highest BCUT2D eigenvalue weighted by molar-refractivity contribution is 7.61. The number of phosphoric ester groups is 2. The van der Waals surface area contributed by atoms with Gasteiger partial charge in [0.1, 0.15) is 42.4 Å². The second-order valence-electron chi connectivity index (χ2n) is 8.37. The largest absolute Gasteiger partial charge is 0.481 e. The van der Waals surface area contributed by atoms with E-state index in [0.29, 0.717) is 0 Å². The van der Waals surface area contributed by atoms with Crippen LogP contribution in [0.2, 0.25) is 0 Å². The van der Waals surface area contributed by atoms with Crippen molar-refractivity contribution in [2.24, 2.45) is 0 Å². The van der Waals surface area contributed by atoms with Crippen LogP contribution < -0.4 is 5.73 Å². The molecule has 4 heterocycles. The third kappa shape index (κ3) is 6.60. The number of ether oxygens (including phenoxy) is 3. The van der Waals surface area contributed by atoms with Crippen LogP contribution in [-0.2, 0) is 41.5 Å². The predicted molar refractivity (Wildman–Crippen MR) is 121 cm³/mol. The summed E-state index contributed by atoms with van der Waals surface area (Å²) in [6, 6.07) is 0. The van der Waals surface area contributed by atoms with Gasteiger partial charge in [0.25, 0.3) is 0 Å². The van der Waals surface area contributed by atoms with Crippen LogP contribution in [0.1, 0.15) is 13.2 Å². The molecular weight excluding hydrogens is 576 g/mol. The summed E-state index contributed by atoms with van der Waals surface area (Å²) >= 11 is 0. The van der Waals surface area contributed by atoms with Crippen molar-refractivity contribution in [2.45, 2.75) is 56.1 Å². The van der Waals surface area contributed by atoms with Gasteiger partial charge in [-0.05, 0) is 0 Å². The van der Waals surface area contributed by atoms with Crippen LogP contribution >= 0.6 is 15.6 Å². The zero-order valence-electron chi connectivity index (χ0n) is 19.8. The number of phosphoric acid groups is 2. The number of fused-ring (bicyclic) bond motifs is 1. The molecule has 0 spiro atoms. The lowest BCUT2D eigenvalue weighted by atomic mass is 10.1. The molecule has 0 aromatic carbocycles. The first-order valence-corrected chi connectivity index (χ1v) is 14.0. The molecule has 20 nitrogen and oxygen atoms in total. The Kier molecular flexibility index (Phi) is 8.70. The number of esters is 1. The number of hydrogen-bond donors (Lipinski definition) is 7. The number of aliphatic hydroxyl groups excluding tert-OH is 4. The van der Waals surface area contributed by atoms with E-state index in [0.717, 1.165) is 13.3 Å². The number of nitrogens with zero attached hydrogens (tertiary/aromatic N) is 4. The molecule has 4 rings (SSSR count). The number of anilines is 1. The molecule has 3 unspecified atom stereocenters. The third-order valence-electron chi connectivity index (χ3n) is 5.62. The summed E-state index contributed by atoms with van der Waals surface area (Å²) in [4.78, 5) is 42.7. The van der Waals surface area contributed by atoms with E-state index < -0.39 is 84.0 Å². The number of carbonyl (C=O) groups excluding carboxylic acids is 1. The zero-order chi connectivity index (χ0) is 28.7. The van der Waals surface area contributed by atoms with Gasteiger partial charge in [-0.15, -0.1) is 0 Å². The fraction of sp³-hybridized carbons (Fsp3) is 0.647. The molecule has 39 heavy (non-hydrogen) atoms. The minimum atomic E-state index is -5.35. The van der Waals surface area contributed by atoms with E-state index in [1.807, 2.05) is 0 Å². The molecule has 0 bridgehead atoms. The second kappa shape index (κ2) is 11.4. The molecule has 22 heteroatoms. The summed E-state index contributed by atoms with van der Waals surface area (Å²) in [6.07, 6.45) is -10.0. The van der Waals surface area contributed by atoms with Gasteiger partial charge >= 0.3 is 21.6 Å². The Hall–Kier alpha value is -2.16. The van der Waals surface area contributed by atoms with Crippen molar-refractivity contribution in [1.29, 1.82) is 0 Å². The van der Waals surface area contributed by atoms with E-state index in [4.69, 9.17) is 19.9 Å². The Bertz CT molecular complexity index is 1300. The van der Waals surface area contributed by atoms with Gasteiger partial charge in [0.15, 0.2) is 30.1 Å². The highest BCUT2D eigenvalue weighted by Gasteiger charge is 2.48. The smallest absolute Gasteiger partial charge is 0.457 e. The minimum absolute atomic E-state index is 0.0504. The van der Waals surface area contributed by atoms with Crippen LogP contribution in [0.25, 0.3) is 11.2 Å².